The topological polar surface area (TPSA) is 122 Å². The molecule has 2 amide bonds. The normalized spacial score (nSPS) is 16.0. The van der Waals surface area contributed by atoms with E-state index in [1.807, 2.05) is 30.5 Å². The summed E-state index contributed by atoms with van der Waals surface area (Å²) in [7, 11) is 0. The first-order valence-electron chi connectivity index (χ1n) is 14.5. The lowest BCUT2D eigenvalue weighted by atomic mass is 9.86. The maximum absolute atomic E-state index is 13.5. The Morgan fingerprint density at radius 3 is 2.40 bits per heavy atom. The lowest BCUT2D eigenvalue weighted by Crippen LogP contribution is -2.46. The van der Waals surface area contributed by atoms with Crippen molar-refractivity contribution in [2.45, 2.75) is 63.6 Å². The summed E-state index contributed by atoms with van der Waals surface area (Å²) in [5.41, 5.74) is 11.3. The van der Waals surface area contributed by atoms with Gasteiger partial charge in [-0.2, -0.15) is 0 Å². The van der Waals surface area contributed by atoms with E-state index in [4.69, 9.17) is 22.1 Å². The fourth-order valence-electron chi connectivity index (χ4n) is 5.43. The average Bonchev–Trinajstić information content (AvgIpc) is 3.52. The first-order chi connectivity index (χ1) is 20.6. The molecule has 0 saturated carbocycles. The summed E-state index contributed by atoms with van der Waals surface area (Å²) in [6.07, 6.45) is 5.26. The Bertz CT molecular complexity index is 1550. The van der Waals surface area contributed by atoms with Gasteiger partial charge in [0.05, 0.1) is 30.2 Å². The number of aromatic nitrogens is 2. The molecule has 43 heavy (non-hydrogen) atoms. The Kier molecular flexibility index (Phi) is 9.18. The number of ether oxygens (including phenoxy) is 1. The minimum Gasteiger partial charge on any atom is -0.492 e. The number of amides is 2. The van der Waals surface area contributed by atoms with Crippen molar-refractivity contribution in [3.05, 3.63) is 118 Å². The van der Waals surface area contributed by atoms with Gasteiger partial charge in [-0.25, -0.2) is 4.98 Å². The molecule has 5 rings (SSSR count). The zero-order valence-corrected chi connectivity index (χ0v) is 25.4. The smallest absolute Gasteiger partial charge is 0.255 e. The Labute approximate surface area is 257 Å². The minimum absolute atomic E-state index is 0.0463. The molecule has 1 aliphatic heterocycles. The Morgan fingerprint density at radius 2 is 1.74 bits per heavy atom. The number of benzene rings is 3. The summed E-state index contributed by atoms with van der Waals surface area (Å²) < 4.78 is 6.06. The first-order valence-corrected chi connectivity index (χ1v) is 14.9. The summed E-state index contributed by atoms with van der Waals surface area (Å²) in [4.78, 5) is 33.3. The van der Waals surface area contributed by atoms with Crippen molar-refractivity contribution >= 4 is 23.4 Å². The number of hydrogen-bond donors (Lipinski definition) is 4. The van der Waals surface area contributed by atoms with Crippen molar-refractivity contribution in [1.82, 2.24) is 20.6 Å². The van der Waals surface area contributed by atoms with Gasteiger partial charge in [0.25, 0.3) is 5.91 Å². The van der Waals surface area contributed by atoms with E-state index in [2.05, 4.69) is 65.6 Å². The fourth-order valence-corrected chi connectivity index (χ4v) is 5.55. The predicted octanol–water partition coefficient (Wildman–Crippen LogP) is 5.58. The highest BCUT2D eigenvalue weighted by Gasteiger charge is 2.30. The summed E-state index contributed by atoms with van der Waals surface area (Å²) in [5, 5.41) is 7.20. The number of rotatable bonds is 10. The molecule has 2 heterocycles. The van der Waals surface area contributed by atoms with Crippen LogP contribution in [-0.2, 0) is 23.1 Å². The van der Waals surface area contributed by atoms with E-state index in [1.54, 1.807) is 24.5 Å². The average molecular weight is 600 g/mol. The number of halogens is 1. The first kappa shape index (κ1) is 30.3. The van der Waals surface area contributed by atoms with Gasteiger partial charge >= 0.3 is 0 Å². The molecule has 4 aromatic rings. The number of para-hydroxylation sites is 1. The molecule has 0 saturated heterocycles. The number of nitrogens with two attached hydrogens (primary N) is 1. The van der Waals surface area contributed by atoms with Gasteiger partial charge < -0.3 is 26.1 Å². The third kappa shape index (κ3) is 7.45. The lowest BCUT2D eigenvalue weighted by Gasteiger charge is -2.31. The van der Waals surface area contributed by atoms with Gasteiger partial charge in [-0.1, -0.05) is 80.9 Å². The van der Waals surface area contributed by atoms with Crippen molar-refractivity contribution in [3.8, 4) is 5.75 Å². The number of nitrogens with one attached hydrogen (secondary N) is 3. The summed E-state index contributed by atoms with van der Waals surface area (Å²) in [6.45, 7) is 7.07. The number of aromatic amines is 1. The molecule has 3 atom stereocenters. The number of primary amides is 1. The van der Waals surface area contributed by atoms with Crippen LogP contribution in [0.25, 0.3) is 0 Å². The second kappa shape index (κ2) is 13.0. The molecule has 3 aromatic carbocycles. The quantitative estimate of drug-likeness (QED) is 0.189. The number of imidazole rings is 1. The van der Waals surface area contributed by atoms with E-state index < -0.39 is 17.9 Å². The van der Waals surface area contributed by atoms with Crippen LogP contribution in [0.2, 0.25) is 5.02 Å². The number of fused-ring (bicyclic) bond motifs is 1. The largest absolute Gasteiger partial charge is 0.492 e. The second-order valence-electron chi connectivity index (χ2n) is 12.0. The zero-order valence-electron chi connectivity index (χ0n) is 24.7. The highest BCUT2D eigenvalue weighted by atomic mass is 35.5. The molecule has 224 valence electrons. The molecule has 9 heteroatoms. The van der Waals surface area contributed by atoms with Gasteiger partial charge in [-0.05, 0) is 46.7 Å². The zero-order chi connectivity index (χ0) is 30.6. The molecule has 8 nitrogen and oxygen atoms in total. The summed E-state index contributed by atoms with van der Waals surface area (Å²) in [6, 6.07) is 20.4. The molecule has 5 N–H and O–H groups in total. The Morgan fingerprint density at radius 1 is 1.05 bits per heavy atom. The number of hydrogen-bond acceptors (Lipinski definition) is 5. The number of carbonyl (C=O) groups excluding carboxylic acids is 2. The van der Waals surface area contributed by atoms with Gasteiger partial charge in [-0.3, -0.25) is 9.59 Å². The fraction of sp³-hybridized carbons (Fsp3) is 0.324. The van der Waals surface area contributed by atoms with Crippen LogP contribution in [0.15, 0.2) is 79.3 Å². The standard InChI is InChI=1S/C34H38ClN5O3/c1-34(2,3)23-11-7-21(8-12-23)17-28(30-19-37-20-38-30)39-27-15-16-43-31-25(27)5-4-6-26(31)33(42)40-29(32(36)41)18-22-9-13-24(35)14-10-22/h4-14,19-20,27-29,39H,15-18H2,1-3H3,(H2,36,41)(H,37,38)(H,40,42)/t27?,28?,29-/m0/s1. The van der Waals surface area contributed by atoms with Crippen LogP contribution in [0.3, 0.4) is 0 Å². The monoisotopic (exact) mass is 599 g/mol. The van der Waals surface area contributed by atoms with Crippen molar-refractivity contribution in [2.75, 3.05) is 6.61 Å². The Hall–Kier alpha value is -4.14. The maximum Gasteiger partial charge on any atom is 0.255 e. The van der Waals surface area contributed by atoms with Gasteiger partial charge in [0.15, 0.2) is 0 Å². The van der Waals surface area contributed by atoms with Crippen LogP contribution in [-0.4, -0.2) is 34.4 Å². The van der Waals surface area contributed by atoms with E-state index in [-0.39, 0.29) is 23.9 Å². The number of carbonyl (C=O) groups is 2. The van der Waals surface area contributed by atoms with Gasteiger partial charge in [-0.15, -0.1) is 0 Å². The molecule has 1 aromatic heterocycles. The number of H-pyrrole nitrogens is 1. The predicted molar refractivity (Wildman–Crippen MR) is 168 cm³/mol. The highest BCUT2D eigenvalue weighted by Crippen LogP contribution is 2.37. The summed E-state index contributed by atoms with van der Waals surface area (Å²) in [5.74, 6) is -0.526. The van der Waals surface area contributed by atoms with Crippen LogP contribution >= 0.6 is 11.6 Å². The van der Waals surface area contributed by atoms with Crippen molar-refractivity contribution < 1.29 is 14.3 Å². The SMILES string of the molecule is CC(C)(C)c1ccc(CC(NC2CCOc3c(C(=O)N[C@@H](Cc4ccc(Cl)cc4)C(N)=O)cccc32)c2cnc[nH]2)cc1. The second-order valence-corrected chi connectivity index (χ2v) is 12.5. The van der Waals surface area contributed by atoms with Crippen LogP contribution in [0.1, 0.15) is 77.6 Å². The highest BCUT2D eigenvalue weighted by molar-refractivity contribution is 6.30. The third-order valence-electron chi connectivity index (χ3n) is 7.88. The molecule has 0 radical (unpaired) electrons. The molecular weight excluding hydrogens is 562 g/mol. The molecule has 0 bridgehead atoms. The molecule has 2 unspecified atom stereocenters. The molecule has 1 aliphatic rings. The van der Waals surface area contributed by atoms with Crippen molar-refractivity contribution in [2.24, 2.45) is 5.73 Å². The van der Waals surface area contributed by atoms with E-state index in [0.29, 0.717) is 22.9 Å². The van der Waals surface area contributed by atoms with E-state index in [9.17, 15) is 9.59 Å². The molecule has 0 fully saturated rings. The van der Waals surface area contributed by atoms with Crippen molar-refractivity contribution in [1.29, 1.82) is 0 Å². The van der Waals surface area contributed by atoms with Crippen LogP contribution in [0.4, 0.5) is 0 Å². The minimum atomic E-state index is -0.892. The number of nitrogens with zero attached hydrogens (tertiary/aromatic N) is 1. The van der Waals surface area contributed by atoms with Crippen LogP contribution in [0, 0.1) is 0 Å². The molecular formula is C34H38ClN5O3. The lowest BCUT2D eigenvalue weighted by molar-refractivity contribution is -0.119. The third-order valence-corrected chi connectivity index (χ3v) is 8.13. The van der Waals surface area contributed by atoms with Crippen molar-refractivity contribution in [3.63, 3.8) is 0 Å². The molecule has 0 spiro atoms. The van der Waals surface area contributed by atoms with E-state index in [1.165, 1.54) is 11.1 Å². The van der Waals surface area contributed by atoms with Gasteiger partial charge in [0.2, 0.25) is 5.91 Å². The van der Waals surface area contributed by atoms with Crippen LogP contribution in [0.5, 0.6) is 5.75 Å². The Balaban J connectivity index is 1.35. The van der Waals surface area contributed by atoms with Gasteiger partial charge in [0, 0.05) is 35.7 Å². The summed E-state index contributed by atoms with van der Waals surface area (Å²) >= 11 is 5.99. The van der Waals surface area contributed by atoms with E-state index in [0.717, 1.165) is 29.7 Å². The molecule has 0 aliphatic carbocycles. The maximum atomic E-state index is 13.5. The van der Waals surface area contributed by atoms with Gasteiger partial charge in [0.1, 0.15) is 11.8 Å². The van der Waals surface area contributed by atoms with Crippen LogP contribution < -0.4 is 21.1 Å². The van der Waals surface area contributed by atoms with E-state index >= 15 is 0 Å².